The molecule has 0 N–H and O–H groups in total. The summed E-state index contributed by atoms with van der Waals surface area (Å²) < 4.78 is 10.9. The van der Waals surface area contributed by atoms with Crippen molar-refractivity contribution >= 4 is 17.5 Å². The lowest BCUT2D eigenvalue weighted by Crippen LogP contribution is -2.49. The predicted octanol–water partition coefficient (Wildman–Crippen LogP) is 4.43. The Kier molecular flexibility index (Phi) is 5.45. The van der Waals surface area contributed by atoms with Gasteiger partial charge in [-0.15, -0.1) is 0 Å². The van der Waals surface area contributed by atoms with E-state index in [0.29, 0.717) is 25.0 Å². The Bertz CT molecular complexity index is 996. The number of likely N-dealkylation sites (tertiary alicyclic amines) is 1. The van der Waals surface area contributed by atoms with E-state index >= 15 is 0 Å². The van der Waals surface area contributed by atoms with Crippen LogP contribution in [0.25, 0.3) is 0 Å². The summed E-state index contributed by atoms with van der Waals surface area (Å²) in [5, 5.41) is 0.719. The molecule has 1 spiro atoms. The first-order chi connectivity index (χ1) is 15.1. The molecule has 0 radical (unpaired) electrons. The lowest BCUT2D eigenvalue weighted by molar-refractivity contribution is -0.137. The van der Waals surface area contributed by atoms with Crippen molar-refractivity contribution in [2.45, 2.75) is 44.0 Å². The first-order valence-corrected chi connectivity index (χ1v) is 11.4. The van der Waals surface area contributed by atoms with Gasteiger partial charge in [0.1, 0.15) is 11.3 Å². The normalized spacial score (nSPS) is 27.6. The Balaban J connectivity index is 1.41. The quantitative estimate of drug-likeness (QED) is 0.666. The van der Waals surface area contributed by atoms with Gasteiger partial charge in [-0.25, -0.2) is 0 Å². The highest BCUT2D eigenvalue weighted by Crippen LogP contribution is 2.56. The van der Waals surface area contributed by atoms with Gasteiger partial charge in [0, 0.05) is 42.7 Å². The van der Waals surface area contributed by atoms with E-state index in [0.717, 1.165) is 54.3 Å². The van der Waals surface area contributed by atoms with E-state index in [9.17, 15) is 4.79 Å². The van der Waals surface area contributed by atoms with E-state index < -0.39 is 0 Å². The van der Waals surface area contributed by atoms with Crippen LogP contribution in [0, 0.1) is 5.92 Å². The molecule has 0 aromatic heterocycles. The van der Waals surface area contributed by atoms with Gasteiger partial charge in [0.15, 0.2) is 0 Å². The summed E-state index contributed by atoms with van der Waals surface area (Å²) in [5.41, 5.74) is 3.07. The maximum absolute atomic E-state index is 13.7. The van der Waals surface area contributed by atoms with Crippen LogP contribution >= 0.6 is 11.6 Å². The number of carbonyl (C=O) groups excluding carboxylic acids is 1. The van der Waals surface area contributed by atoms with Crippen molar-refractivity contribution in [1.29, 1.82) is 0 Å². The van der Waals surface area contributed by atoms with E-state index in [4.69, 9.17) is 21.1 Å². The largest absolute Gasteiger partial charge is 0.496 e. The Labute approximate surface area is 188 Å². The molecule has 6 heteroatoms. The molecule has 0 unspecified atom stereocenters. The van der Waals surface area contributed by atoms with Crippen molar-refractivity contribution < 1.29 is 14.3 Å². The number of methoxy groups -OCH3 is 2. The molecule has 5 nitrogen and oxygen atoms in total. The van der Waals surface area contributed by atoms with Crippen molar-refractivity contribution in [3.63, 3.8) is 0 Å². The number of halogens is 1. The van der Waals surface area contributed by atoms with Crippen molar-refractivity contribution in [3.05, 3.63) is 64.2 Å². The third-order valence-electron chi connectivity index (χ3n) is 7.38. The number of hydrogen-bond acceptors (Lipinski definition) is 4. The van der Waals surface area contributed by atoms with Crippen LogP contribution in [0.4, 0.5) is 0 Å². The number of ether oxygens (including phenoxy) is 2. The van der Waals surface area contributed by atoms with Crippen LogP contribution < -0.4 is 4.74 Å². The summed E-state index contributed by atoms with van der Waals surface area (Å²) in [6, 6.07) is 14.5. The minimum Gasteiger partial charge on any atom is -0.496 e. The molecule has 0 bridgehead atoms. The summed E-state index contributed by atoms with van der Waals surface area (Å²) in [6.07, 6.45) is 3.04. The average molecular weight is 441 g/mol. The Morgan fingerprint density at radius 1 is 1.19 bits per heavy atom. The van der Waals surface area contributed by atoms with E-state index in [2.05, 4.69) is 28.0 Å². The van der Waals surface area contributed by atoms with E-state index in [1.807, 2.05) is 24.3 Å². The zero-order valence-corrected chi connectivity index (χ0v) is 18.9. The molecule has 0 saturated carbocycles. The molecule has 5 rings (SSSR count). The van der Waals surface area contributed by atoms with Crippen molar-refractivity contribution in [3.8, 4) is 5.75 Å². The topological polar surface area (TPSA) is 42.0 Å². The van der Waals surface area contributed by atoms with Crippen molar-refractivity contribution in [2.75, 3.05) is 27.3 Å². The third kappa shape index (κ3) is 3.34. The fraction of sp³-hybridized carbons (Fsp3) is 0.480. The van der Waals surface area contributed by atoms with Crippen LogP contribution in [-0.4, -0.2) is 48.6 Å². The van der Waals surface area contributed by atoms with Gasteiger partial charge in [-0.2, -0.15) is 0 Å². The van der Waals surface area contributed by atoms with Gasteiger partial charge in [0.2, 0.25) is 5.91 Å². The monoisotopic (exact) mass is 440 g/mol. The van der Waals surface area contributed by atoms with Gasteiger partial charge in [-0.3, -0.25) is 9.69 Å². The number of carbonyl (C=O) groups is 1. The van der Waals surface area contributed by atoms with E-state index in [1.54, 1.807) is 14.2 Å². The molecule has 3 aliphatic rings. The Hall–Kier alpha value is -2.08. The molecular weight excluding hydrogens is 412 g/mol. The molecule has 3 fully saturated rings. The molecule has 2 aromatic carbocycles. The van der Waals surface area contributed by atoms with Gasteiger partial charge >= 0.3 is 0 Å². The minimum atomic E-state index is -0.343. The molecule has 0 aliphatic carbocycles. The number of amides is 1. The lowest BCUT2D eigenvalue weighted by atomic mass is 9.85. The smallest absolute Gasteiger partial charge is 0.243 e. The molecule has 31 heavy (non-hydrogen) atoms. The number of rotatable bonds is 6. The molecule has 2 aromatic rings. The second kappa shape index (κ2) is 8.12. The second-order valence-corrected chi connectivity index (χ2v) is 9.43. The first kappa shape index (κ1) is 20.8. The maximum atomic E-state index is 13.7. The van der Waals surface area contributed by atoms with Crippen LogP contribution in [0.5, 0.6) is 5.75 Å². The molecule has 3 heterocycles. The van der Waals surface area contributed by atoms with Gasteiger partial charge in [-0.05, 0) is 61.2 Å². The summed E-state index contributed by atoms with van der Waals surface area (Å²) in [4.78, 5) is 18.3. The molecular formula is C25H29ClN2O3. The fourth-order valence-corrected chi connectivity index (χ4v) is 6.37. The zero-order valence-electron chi connectivity index (χ0n) is 18.1. The molecule has 1 amide bonds. The van der Waals surface area contributed by atoms with Crippen LogP contribution in [0.15, 0.2) is 42.5 Å². The summed E-state index contributed by atoms with van der Waals surface area (Å²) in [6.45, 7) is 2.95. The van der Waals surface area contributed by atoms with Crippen LogP contribution in [-0.2, 0) is 22.7 Å². The van der Waals surface area contributed by atoms with E-state index in [-0.39, 0.29) is 11.6 Å². The van der Waals surface area contributed by atoms with Crippen LogP contribution in [0.2, 0.25) is 5.02 Å². The summed E-state index contributed by atoms with van der Waals surface area (Å²) >= 11 is 6.16. The third-order valence-corrected chi connectivity index (χ3v) is 7.61. The van der Waals surface area contributed by atoms with Gasteiger partial charge in [0.25, 0.3) is 0 Å². The van der Waals surface area contributed by atoms with Crippen LogP contribution in [0.1, 0.15) is 42.0 Å². The number of hydrogen-bond donors (Lipinski definition) is 0. The standard InChI is InChI=1S/C25H29ClN2O3/c1-30-16-19-12-18(7-8-23(19)31-2)22-13-20-15-27(14-17-5-3-6-21(26)11-17)24(29)25(20)9-4-10-28(22)25/h3,5-8,11-12,20,22H,4,9-10,13-16H2,1-2H3/t20-,22-,25-/m0/s1. The highest BCUT2D eigenvalue weighted by Gasteiger charge is 2.65. The fourth-order valence-electron chi connectivity index (χ4n) is 6.16. The molecule has 3 aliphatic heterocycles. The SMILES string of the molecule is COCc1cc([C@@H]2C[C@H]3CN(Cc4cccc(Cl)c4)C(=O)[C@]34CCCN24)ccc1OC. The molecule has 3 atom stereocenters. The van der Waals surface area contributed by atoms with Gasteiger partial charge in [-0.1, -0.05) is 29.8 Å². The minimum absolute atomic E-state index is 0.270. The Morgan fingerprint density at radius 2 is 2.06 bits per heavy atom. The first-order valence-electron chi connectivity index (χ1n) is 11.0. The van der Waals surface area contributed by atoms with Crippen molar-refractivity contribution in [1.82, 2.24) is 9.80 Å². The highest BCUT2D eigenvalue weighted by atomic mass is 35.5. The van der Waals surface area contributed by atoms with Gasteiger partial charge < -0.3 is 14.4 Å². The highest BCUT2D eigenvalue weighted by molar-refractivity contribution is 6.30. The average Bonchev–Trinajstić information content (AvgIpc) is 3.39. The van der Waals surface area contributed by atoms with E-state index in [1.165, 1.54) is 5.56 Å². The van der Waals surface area contributed by atoms with Crippen molar-refractivity contribution in [2.24, 2.45) is 5.92 Å². The second-order valence-electron chi connectivity index (χ2n) is 8.99. The van der Waals surface area contributed by atoms with Crippen LogP contribution in [0.3, 0.4) is 0 Å². The predicted molar refractivity (Wildman–Crippen MR) is 120 cm³/mol. The summed E-state index contributed by atoms with van der Waals surface area (Å²) in [5.74, 6) is 1.51. The molecule has 3 saturated heterocycles. The van der Waals surface area contributed by atoms with Gasteiger partial charge in [0.05, 0.1) is 13.7 Å². The Morgan fingerprint density at radius 3 is 2.84 bits per heavy atom. The number of benzene rings is 2. The lowest BCUT2D eigenvalue weighted by Gasteiger charge is -2.34. The number of nitrogens with zero attached hydrogens (tertiary/aromatic N) is 2. The molecule has 164 valence electrons. The summed E-state index contributed by atoms with van der Waals surface area (Å²) in [7, 11) is 3.39. The maximum Gasteiger partial charge on any atom is 0.243 e. The zero-order chi connectivity index (χ0) is 21.6.